The maximum Gasteiger partial charge on any atom is 0.147 e. The third-order valence-corrected chi connectivity index (χ3v) is 6.16. The van der Waals surface area contributed by atoms with Crippen molar-refractivity contribution in [2.75, 3.05) is 13.1 Å². The fourth-order valence-electron chi connectivity index (χ4n) is 3.43. The van der Waals surface area contributed by atoms with E-state index >= 15 is 0 Å². The largest absolute Gasteiger partial charge is 0.297 e. The molecule has 1 aromatic heterocycles. The maximum absolute atomic E-state index is 4.44. The molecule has 1 aliphatic heterocycles. The molecule has 0 radical (unpaired) electrons. The van der Waals surface area contributed by atoms with E-state index in [9.17, 15) is 0 Å². The Balaban J connectivity index is 1.63. The summed E-state index contributed by atoms with van der Waals surface area (Å²) in [5, 5.41) is 11.1. The Labute approximate surface area is 150 Å². The zero-order valence-electron chi connectivity index (χ0n) is 15.3. The molecular formula is C20H29N3S. The Hall–Kier alpha value is -1.26. The van der Waals surface area contributed by atoms with Crippen LogP contribution in [0.2, 0.25) is 0 Å². The molecule has 0 N–H and O–H groups in total. The number of hydrogen-bond acceptors (Lipinski definition) is 4. The highest BCUT2D eigenvalue weighted by molar-refractivity contribution is 7.14. The Morgan fingerprint density at radius 3 is 2.54 bits per heavy atom. The van der Waals surface area contributed by atoms with Crippen molar-refractivity contribution in [1.29, 1.82) is 0 Å². The van der Waals surface area contributed by atoms with Gasteiger partial charge >= 0.3 is 0 Å². The molecule has 2 aromatic rings. The smallest absolute Gasteiger partial charge is 0.147 e. The first-order valence-electron chi connectivity index (χ1n) is 9.18. The van der Waals surface area contributed by atoms with Crippen molar-refractivity contribution in [3.63, 3.8) is 0 Å². The molecular weight excluding hydrogens is 314 g/mol. The van der Waals surface area contributed by atoms with Crippen LogP contribution in [0.15, 0.2) is 24.3 Å². The molecule has 1 fully saturated rings. The lowest BCUT2D eigenvalue weighted by Gasteiger charge is -2.33. The van der Waals surface area contributed by atoms with Gasteiger partial charge in [0.15, 0.2) is 0 Å². The minimum Gasteiger partial charge on any atom is -0.297 e. The second-order valence-electron chi connectivity index (χ2n) is 7.64. The van der Waals surface area contributed by atoms with Crippen molar-refractivity contribution >= 4 is 11.3 Å². The molecule has 2 heterocycles. The molecule has 0 aliphatic carbocycles. The lowest BCUT2D eigenvalue weighted by Crippen LogP contribution is -2.34. The molecule has 0 spiro atoms. The number of hydrogen-bond donors (Lipinski definition) is 0. The molecule has 0 saturated carbocycles. The minimum atomic E-state index is 0.541. The van der Waals surface area contributed by atoms with Crippen LogP contribution in [0.4, 0.5) is 0 Å². The van der Waals surface area contributed by atoms with Crippen molar-refractivity contribution in [3.8, 4) is 10.6 Å². The molecule has 24 heavy (non-hydrogen) atoms. The van der Waals surface area contributed by atoms with Crippen LogP contribution in [0, 0.1) is 11.8 Å². The predicted molar refractivity (Wildman–Crippen MR) is 102 cm³/mol. The van der Waals surface area contributed by atoms with Gasteiger partial charge in [-0.25, -0.2) is 0 Å². The Morgan fingerprint density at radius 2 is 1.88 bits per heavy atom. The summed E-state index contributed by atoms with van der Waals surface area (Å²) < 4.78 is 0. The topological polar surface area (TPSA) is 29.0 Å². The van der Waals surface area contributed by atoms with E-state index in [0.717, 1.165) is 28.4 Å². The standard InChI is InChI=1S/C20H29N3S/c1-14(2)16-8-10-23(11-9-16)13-19-21-22-20(24-19)18-7-5-6-17(12-18)15(3)4/h5-7,12,14-16H,8-11,13H2,1-4H3. The van der Waals surface area contributed by atoms with Crippen molar-refractivity contribution in [1.82, 2.24) is 15.1 Å². The number of rotatable bonds is 5. The summed E-state index contributed by atoms with van der Waals surface area (Å²) in [6.07, 6.45) is 2.64. The van der Waals surface area contributed by atoms with E-state index in [4.69, 9.17) is 0 Å². The highest BCUT2D eigenvalue weighted by atomic mass is 32.1. The molecule has 1 aromatic carbocycles. The first-order chi connectivity index (χ1) is 11.5. The van der Waals surface area contributed by atoms with E-state index in [-0.39, 0.29) is 0 Å². The summed E-state index contributed by atoms with van der Waals surface area (Å²) >= 11 is 1.74. The summed E-state index contributed by atoms with van der Waals surface area (Å²) in [6, 6.07) is 8.71. The zero-order chi connectivity index (χ0) is 17.1. The van der Waals surface area contributed by atoms with Crippen LogP contribution < -0.4 is 0 Å². The molecule has 1 saturated heterocycles. The summed E-state index contributed by atoms with van der Waals surface area (Å²) in [6.45, 7) is 12.5. The predicted octanol–water partition coefficient (Wildman–Crippen LogP) is 5.20. The molecule has 3 rings (SSSR count). The number of piperidine rings is 1. The average molecular weight is 344 g/mol. The van der Waals surface area contributed by atoms with Gasteiger partial charge in [0, 0.05) is 5.56 Å². The highest BCUT2D eigenvalue weighted by Crippen LogP contribution is 2.29. The molecule has 4 heteroatoms. The minimum absolute atomic E-state index is 0.541. The van der Waals surface area contributed by atoms with Crippen molar-refractivity contribution in [2.45, 2.75) is 53.0 Å². The van der Waals surface area contributed by atoms with Gasteiger partial charge in [0.2, 0.25) is 0 Å². The normalized spacial score (nSPS) is 17.1. The summed E-state index contributed by atoms with van der Waals surface area (Å²) in [4.78, 5) is 2.54. The summed E-state index contributed by atoms with van der Waals surface area (Å²) in [5.74, 6) is 2.25. The van der Waals surface area contributed by atoms with E-state index in [2.05, 4.69) is 67.1 Å². The van der Waals surface area contributed by atoms with E-state index in [1.54, 1.807) is 11.3 Å². The molecule has 0 unspecified atom stereocenters. The van der Waals surface area contributed by atoms with E-state index < -0.39 is 0 Å². The average Bonchev–Trinajstić information content (AvgIpc) is 3.04. The maximum atomic E-state index is 4.44. The van der Waals surface area contributed by atoms with Gasteiger partial charge in [-0.15, -0.1) is 10.2 Å². The van der Waals surface area contributed by atoms with Crippen LogP contribution in [0.3, 0.4) is 0 Å². The highest BCUT2D eigenvalue weighted by Gasteiger charge is 2.22. The third kappa shape index (κ3) is 4.22. The van der Waals surface area contributed by atoms with Crippen molar-refractivity contribution in [2.24, 2.45) is 11.8 Å². The summed E-state index contributed by atoms with van der Waals surface area (Å²) in [5.41, 5.74) is 2.56. The quantitative estimate of drug-likeness (QED) is 0.747. The first-order valence-corrected chi connectivity index (χ1v) is 9.99. The van der Waals surface area contributed by atoms with Crippen molar-refractivity contribution < 1.29 is 0 Å². The van der Waals surface area contributed by atoms with Gasteiger partial charge < -0.3 is 0 Å². The lowest BCUT2D eigenvalue weighted by molar-refractivity contribution is 0.151. The van der Waals surface area contributed by atoms with E-state index in [0.29, 0.717) is 5.92 Å². The van der Waals surface area contributed by atoms with E-state index in [1.165, 1.54) is 37.1 Å². The molecule has 0 atom stereocenters. The third-order valence-electron chi connectivity index (χ3n) is 5.20. The summed E-state index contributed by atoms with van der Waals surface area (Å²) in [7, 11) is 0. The molecule has 0 amide bonds. The molecule has 0 bridgehead atoms. The monoisotopic (exact) mass is 343 g/mol. The van der Waals surface area contributed by atoms with E-state index in [1.807, 2.05) is 0 Å². The zero-order valence-corrected chi connectivity index (χ0v) is 16.1. The van der Waals surface area contributed by atoms with Gasteiger partial charge in [-0.05, 0) is 55.3 Å². The van der Waals surface area contributed by atoms with Gasteiger partial charge in [0.1, 0.15) is 10.0 Å². The second-order valence-corrected chi connectivity index (χ2v) is 8.70. The van der Waals surface area contributed by atoms with Crippen LogP contribution in [-0.4, -0.2) is 28.2 Å². The Morgan fingerprint density at radius 1 is 1.12 bits per heavy atom. The number of nitrogens with zero attached hydrogens (tertiary/aromatic N) is 3. The fraction of sp³-hybridized carbons (Fsp3) is 0.600. The van der Waals surface area contributed by atoms with Gasteiger partial charge in [-0.1, -0.05) is 57.2 Å². The molecule has 130 valence electrons. The molecule has 1 aliphatic rings. The lowest BCUT2D eigenvalue weighted by atomic mass is 9.87. The number of benzene rings is 1. The molecule has 3 nitrogen and oxygen atoms in total. The van der Waals surface area contributed by atoms with Crippen LogP contribution in [0.5, 0.6) is 0 Å². The number of likely N-dealkylation sites (tertiary alicyclic amines) is 1. The van der Waals surface area contributed by atoms with Crippen LogP contribution in [0.25, 0.3) is 10.6 Å². The fourth-order valence-corrected chi connectivity index (χ4v) is 4.31. The van der Waals surface area contributed by atoms with Crippen molar-refractivity contribution in [3.05, 3.63) is 34.8 Å². The van der Waals surface area contributed by atoms with Crippen LogP contribution >= 0.6 is 11.3 Å². The SMILES string of the molecule is CC(C)c1cccc(-c2nnc(CN3CCC(C(C)C)CC3)s2)c1. The second kappa shape index (κ2) is 7.75. The van der Waals surface area contributed by atoms with Crippen LogP contribution in [-0.2, 0) is 6.54 Å². The van der Waals surface area contributed by atoms with Crippen LogP contribution in [0.1, 0.15) is 57.0 Å². The first kappa shape index (κ1) is 17.6. The van der Waals surface area contributed by atoms with Gasteiger partial charge in [-0.2, -0.15) is 0 Å². The number of aromatic nitrogens is 2. The Kier molecular flexibility index (Phi) is 5.67. The van der Waals surface area contributed by atoms with Gasteiger partial charge in [-0.3, -0.25) is 4.90 Å². The van der Waals surface area contributed by atoms with Gasteiger partial charge in [0.05, 0.1) is 6.54 Å². The Bertz CT molecular complexity index is 654. The van der Waals surface area contributed by atoms with Gasteiger partial charge in [0.25, 0.3) is 0 Å².